The second kappa shape index (κ2) is 7.94. The van der Waals surface area contributed by atoms with Crippen molar-refractivity contribution in [2.45, 2.75) is 56.5 Å². The zero-order valence-electron chi connectivity index (χ0n) is 20.1. The van der Waals surface area contributed by atoms with Crippen molar-refractivity contribution < 1.29 is 9.53 Å². The Kier molecular flexibility index (Phi) is 4.80. The molecule has 3 saturated carbocycles. The third-order valence-electron chi connectivity index (χ3n) is 8.66. The van der Waals surface area contributed by atoms with Crippen LogP contribution in [0.1, 0.15) is 44.6 Å². The van der Waals surface area contributed by atoms with Crippen LogP contribution in [-0.2, 0) is 10.2 Å². The van der Waals surface area contributed by atoms with Gasteiger partial charge in [-0.25, -0.2) is 9.78 Å². The number of urea groups is 1. The van der Waals surface area contributed by atoms with Crippen molar-refractivity contribution in [2.24, 2.45) is 5.92 Å². The Morgan fingerprint density at radius 1 is 1.23 bits per heavy atom. The first-order valence-corrected chi connectivity index (χ1v) is 12.9. The molecule has 3 aliphatic carbocycles. The topological polar surface area (TPSA) is 104 Å². The number of pyridine rings is 1. The summed E-state index contributed by atoms with van der Waals surface area (Å²) in [6.45, 7) is 6.18. The number of nitrogens with zero attached hydrogens (tertiary/aromatic N) is 6. The number of hydrogen-bond acceptors (Lipinski definition) is 6. The van der Waals surface area contributed by atoms with E-state index < -0.39 is 0 Å². The number of hydrogen-bond donors (Lipinski definition) is 2. The van der Waals surface area contributed by atoms with Crippen LogP contribution in [0.2, 0.25) is 0 Å². The number of amides is 2. The lowest BCUT2D eigenvalue weighted by atomic mass is 9.65. The molecule has 8 rings (SSSR count). The van der Waals surface area contributed by atoms with E-state index in [1.165, 1.54) is 5.56 Å². The lowest BCUT2D eigenvalue weighted by Gasteiger charge is -2.40. The molecule has 10 heteroatoms. The minimum atomic E-state index is 0.0565. The Morgan fingerprint density at radius 2 is 2.09 bits per heavy atom. The molecule has 2 aliphatic heterocycles. The van der Waals surface area contributed by atoms with Crippen molar-refractivity contribution in [3.05, 3.63) is 30.1 Å². The standard InChI is InChI=1S/C25H32N8O2/c1-16-15-35-9-8-32(16)22-10-19(18-14-27-33(23(18)29-22)21-4-5-26-30-21)25-11-17(12-25)20(13-25)28-24(34)31-6-2-3-7-31/h4-5,10,14,16-17,20H,2-3,6-9,11-13,15H2,1H3,(H,26,30)(H,28,34)/t16-,17?,20+,25?/m1/s1. The van der Waals surface area contributed by atoms with Gasteiger partial charge < -0.3 is 19.9 Å². The quantitative estimate of drug-likeness (QED) is 0.600. The molecule has 0 aromatic carbocycles. The number of rotatable bonds is 4. The van der Waals surface area contributed by atoms with E-state index in [1.807, 2.05) is 21.8 Å². The number of ether oxygens (including phenoxy) is 1. The molecule has 184 valence electrons. The summed E-state index contributed by atoms with van der Waals surface area (Å²) in [5.41, 5.74) is 2.22. The smallest absolute Gasteiger partial charge is 0.317 e. The van der Waals surface area contributed by atoms with Gasteiger partial charge in [0.05, 0.1) is 31.6 Å². The SMILES string of the molecule is C[C@@H]1COCCN1c1cc(C23CC(C2)[C@@H](NC(=O)N2CCCC2)C3)c2cnn(-c3ccn[nH]3)c2n1. The van der Waals surface area contributed by atoms with Gasteiger partial charge in [0, 0.05) is 37.1 Å². The fourth-order valence-corrected chi connectivity index (χ4v) is 6.84. The first-order chi connectivity index (χ1) is 17.1. The van der Waals surface area contributed by atoms with Crippen LogP contribution < -0.4 is 10.2 Å². The van der Waals surface area contributed by atoms with Crippen molar-refractivity contribution in [1.82, 2.24) is 35.2 Å². The summed E-state index contributed by atoms with van der Waals surface area (Å²) in [5, 5.41) is 16.3. The van der Waals surface area contributed by atoms with Gasteiger partial charge in [-0.3, -0.25) is 5.10 Å². The van der Waals surface area contributed by atoms with E-state index in [2.05, 4.69) is 33.4 Å². The highest BCUT2D eigenvalue weighted by molar-refractivity contribution is 5.84. The molecule has 3 aromatic heterocycles. The average Bonchev–Trinajstić information content (AvgIpc) is 3.66. The van der Waals surface area contributed by atoms with Gasteiger partial charge >= 0.3 is 6.03 Å². The van der Waals surface area contributed by atoms with E-state index in [4.69, 9.17) is 14.8 Å². The number of H-pyrrole nitrogens is 1. The van der Waals surface area contributed by atoms with E-state index in [9.17, 15) is 4.79 Å². The van der Waals surface area contributed by atoms with E-state index >= 15 is 0 Å². The molecule has 5 aliphatic rings. The normalized spacial score (nSPS) is 30.1. The highest BCUT2D eigenvalue weighted by Gasteiger charge is 2.58. The van der Waals surface area contributed by atoms with E-state index in [0.717, 1.165) is 74.4 Å². The summed E-state index contributed by atoms with van der Waals surface area (Å²) < 4.78 is 7.55. The number of fused-ring (bicyclic) bond motifs is 2. The lowest BCUT2D eigenvalue weighted by molar-refractivity contribution is 0.0985. The van der Waals surface area contributed by atoms with Crippen molar-refractivity contribution in [3.63, 3.8) is 0 Å². The maximum absolute atomic E-state index is 12.8. The van der Waals surface area contributed by atoms with Crippen LogP contribution in [0.25, 0.3) is 16.9 Å². The summed E-state index contributed by atoms with van der Waals surface area (Å²) in [4.78, 5) is 22.2. The number of aromatic amines is 1. The fourth-order valence-electron chi connectivity index (χ4n) is 6.84. The first-order valence-electron chi connectivity index (χ1n) is 12.9. The predicted molar refractivity (Wildman–Crippen MR) is 131 cm³/mol. The summed E-state index contributed by atoms with van der Waals surface area (Å²) in [5.74, 6) is 2.32. The number of carbonyl (C=O) groups excluding carboxylic acids is 1. The van der Waals surface area contributed by atoms with Crippen LogP contribution in [-0.4, -0.2) is 80.8 Å². The molecule has 2 saturated heterocycles. The molecule has 0 spiro atoms. The Hall–Kier alpha value is -3.14. The second-order valence-electron chi connectivity index (χ2n) is 10.8. The maximum Gasteiger partial charge on any atom is 0.317 e. The minimum absolute atomic E-state index is 0.0565. The predicted octanol–water partition coefficient (Wildman–Crippen LogP) is 2.59. The van der Waals surface area contributed by atoms with Gasteiger partial charge in [0.2, 0.25) is 0 Å². The fraction of sp³-hybridized carbons (Fsp3) is 0.600. The maximum atomic E-state index is 12.8. The molecule has 2 bridgehead atoms. The number of carbonyl (C=O) groups is 1. The van der Waals surface area contributed by atoms with Crippen molar-refractivity contribution >= 4 is 22.9 Å². The number of anilines is 1. The van der Waals surface area contributed by atoms with Gasteiger partial charge in [-0.2, -0.15) is 14.9 Å². The molecule has 10 nitrogen and oxygen atoms in total. The molecule has 5 fully saturated rings. The zero-order chi connectivity index (χ0) is 23.6. The molecule has 2 N–H and O–H groups in total. The number of aromatic nitrogens is 5. The molecule has 5 heterocycles. The molecular weight excluding hydrogens is 444 g/mol. The van der Waals surface area contributed by atoms with Gasteiger partial charge in [-0.15, -0.1) is 0 Å². The molecule has 0 unspecified atom stereocenters. The third-order valence-corrected chi connectivity index (χ3v) is 8.66. The van der Waals surface area contributed by atoms with E-state index in [0.29, 0.717) is 19.1 Å². The molecule has 35 heavy (non-hydrogen) atoms. The van der Waals surface area contributed by atoms with Crippen LogP contribution in [0.15, 0.2) is 24.5 Å². The third kappa shape index (κ3) is 3.33. The lowest BCUT2D eigenvalue weighted by Crippen LogP contribution is -2.44. The van der Waals surface area contributed by atoms with Crippen LogP contribution in [0, 0.1) is 5.92 Å². The Bertz CT molecular complexity index is 1240. The van der Waals surface area contributed by atoms with Gasteiger partial charge in [0.15, 0.2) is 11.5 Å². The van der Waals surface area contributed by atoms with Crippen molar-refractivity contribution in [1.29, 1.82) is 0 Å². The van der Waals surface area contributed by atoms with E-state index in [1.54, 1.807) is 6.20 Å². The zero-order valence-corrected chi connectivity index (χ0v) is 20.1. The van der Waals surface area contributed by atoms with Crippen molar-refractivity contribution in [3.8, 4) is 5.82 Å². The van der Waals surface area contributed by atoms with E-state index in [-0.39, 0.29) is 23.5 Å². The largest absolute Gasteiger partial charge is 0.377 e. The molecular formula is C25H32N8O2. The highest BCUT2D eigenvalue weighted by Crippen LogP contribution is 2.61. The second-order valence-corrected chi connectivity index (χ2v) is 10.8. The molecule has 2 atom stereocenters. The number of morpholine rings is 1. The van der Waals surface area contributed by atoms with Crippen LogP contribution in [0.4, 0.5) is 10.6 Å². The van der Waals surface area contributed by atoms with Gasteiger partial charge in [0.25, 0.3) is 0 Å². The number of likely N-dealkylation sites (tertiary alicyclic amines) is 1. The monoisotopic (exact) mass is 476 g/mol. The van der Waals surface area contributed by atoms with Crippen LogP contribution >= 0.6 is 0 Å². The summed E-state index contributed by atoms with van der Waals surface area (Å²) in [7, 11) is 0. The molecule has 0 radical (unpaired) electrons. The Morgan fingerprint density at radius 3 is 2.86 bits per heavy atom. The Balaban J connectivity index is 1.26. The van der Waals surface area contributed by atoms with Gasteiger partial charge in [-0.1, -0.05) is 0 Å². The molecule has 3 aromatic rings. The van der Waals surface area contributed by atoms with Crippen LogP contribution in [0.5, 0.6) is 0 Å². The van der Waals surface area contributed by atoms with Gasteiger partial charge in [-0.05, 0) is 62.0 Å². The summed E-state index contributed by atoms with van der Waals surface area (Å²) in [6, 6.07) is 4.82. The summed E-state index contributed by atoms with van der Waals surface area (Å²) in [6.07, 6.45) is 9.09. The Labute approximate surface area is 204 Å². The molecule has 2 amide bonds. The highest BCUT2D eigenvalue weighted by atomic mass is 16.5. The first kappa shape index (κ1) is 21.2. The van der Waals surface area contributed by atoms with Crippen molar-refractivity contribution in [2.75, 3.05) is 37.7 Å². The van der Waals surface area contributed by atoms with Gasteiger partial charge in [0.1, 0.15) is 5.82 Å². The summed E-state index contributed by atoms with van der Waals surface area (Å²) >= 11 is 0. The minimum Gasteiger partial charge on any atom is -0.377 e. The van der Waals surface area contributed by atoms with Crippen LogP contribution in [0.3, 0.4) is 0 Å². The average molecular weight is 477 g/mol. The number of nitrogens with one attached hydrogen (secondary N) is 2.